The minimum atomic E-state index is -0.646. The average Bonchev–Trinajstić information content (AvgIpc) is 3.05. The van der Waals surface area contributed by atoms with Crippen LogP contribution in [0.15, 0.2) is 36.7 Å². The number of imidazole rings is 1. The molecule has 1 fully saturated rings. The van der Waals surface area contributed by atoms with E-state index in [-0.39, 0.29) is 11.9 Å². The van der Waals surface area contributed by atoms with Crippen LogP contribution in [0.3, 0.4) is 0 Å². The summed E-state index contributed by atoms with van der Waals surface area (Å²) < 4.78 is 1.83. The number of nitrogens with zero attached hydrogens (tertiary/aromatic N) is 3. The molecule has 1 aromatic carbocycles. The van der Waals surface area contributed by atoms with Crippen LogP contribution in [-0.2, 0) is 13.6 Å². The molecule has 1 aromatic heterocycles. The second kappa shape index (κ2) is 7.70. The molecule has 1 aliphatic rings. The summed E-state index contributed by atoms with van der Waals surface area (Å²) in [5.74, 6) is 0.673. The van der Waals surface area contributed by atoms with Crippen molar-refractivity contribution in [1.82, 2.24) is 19.8 Å². The van der Waals surface area contributed by atoms with Crippen LogP contribution >= 0.6 is 0 Å². The summed E-state index contributed by atoms with van der Waals surface area (Å²) in [4.78, 5) is 18.5. The highest BCUT2D eigenvalue weighted by atomic mass is 16.3. The Labute approximate surface area is 148 Å². The van der Waals surface area contributed by atoms with Gasteiger partial charge in [0.25, 0.3) is 0 Å². The fraction of sp³-hybridized carbons (Fsp3) is 0.474. The predicted octanol–water partition coefficient (Wildman–Crippen LogP) is 2.38. The molecule has 1 aliphatic heterocycles. The van der Waals surface area contributed by atoms with Gasteiger partial charge >= 0.3 is 6.03 Å². The molecule has 2 unspecified atom stereocenters. The number of urea groups is 1. The minimum absolute atomic E-state index is 0.0135. The highest BCUT2D eigenvalue weighted by Crippen LogP contribution is 2.28. The molecular formula is C19H26N4O2. The molecule has 1 saturated heterocycles. The highest BCUT2D eigenvalue weighted by Gasteiger charge is 2.31. The summed E-state index contributed by atoms with van der Waals surface area (Å²) in [6, 6.07) is 8.05. The van der Waals surface area contributed by atoms with Gasteiger partial charge in [-0.2, -0.15) is 0 Å². The number of rotatable bonds is 4. The normalized spacial score (nSPS) is 18.8. The third-order valence-corrected chi connectivity index (χ3v) is 4.84. The quantitative estimate of drug-likeness (QED) is 0.896. The fourth-order valence-corrected chi connectivity index (χ4v) is 3.44. The van der Waals surface area contributed by atoms with Crippen LogP contribution in [0.4, 0.5) is 4.79 Å². The van der Waals surface area contributed by atoms with E-state index in [9.17, 15) is 9.90 Å². The number of piperidine rings is 1. The molecule has 0 radical (unpaired) electrons. The number of carbonyl (C=O) groups excluding carboxylic acids is 1. The van der Waals surface area contributed by atoms with Crippen LogP contribution in [0.25, 0.3) is 0 Å². The van der Waals surface area contributed by atoms with E-state index in [0.717, 1.165) is 24.9 Å². The van der Waals surface area contributed by atoms with E-state index < -0.39 is 6.10 Å². The van der Waals surface area contributed by atoms with E-state index >= 15 is 0 Å². The summed E-state index contributed by atoms with van der Waals surface area (Å²) in [5.41, 5.74) is 2.28. The summed E-state index contributed by atoms with van der Waals surface area (Å²) in [7, 11) is 1.88. The van der Waals surface area contributed by atoms with E-state index in [4.69, 9.17) is 0 Å². The number of aromatic nitrogens is 2. The number of hydrogen-bond donors (Lipinski definition) is 2. The van der Waals surface area contributed by atoms with Gasteiger partial charge in [-0.3, -0.25) is 0 Å². The van der Waals surface area contributed by atoms with Crippen molar-refractivity contribution in [2.45, 2.75) is 32.4 Å². The van der Waals surface area contributed by atoms with Crippen molar-refractivity contribution in [1.29, 1.82) is 0 Å². The second-order valence-electron chi connectivity index (χ2n) is 6.84. The minimum Gasteiger partial charge on any atom is -0.385 e. The predicted molar refractivity (Wildman–Crippen MR) is 95.9 cm³/mol. The van der Waals surface area contributed by atoms with Crippen LogP contribution in [0.5, 0.6) is 0 Å². The summed E-state index contributed by atoms with van der Waals surface area (Å²) in [6.07, 6.45) is 4.66. The third kappa shape index (κ3) is 4.20. The topological polar surface area (TPSA) is 70.4 Å². The molecule has 2 heterocycles. The van der Waals surface area contributed by atoms with Crippen molar-refractivity contribution >= 4 is 6.03 Å². The van der Waals surface area contributed by atoms with Gasteiger partial charge in [-0.05, 0) is 25.3 Å². The van der Waals surface area contributed by atoms with E-state index in [1.165, 1.54) is 5.56 Å². The SMILES string of the molecule is Cc1cccc(CNC(=O)N2CCCC(C(O)c3nccn3C)C2)c1. The number of nitrogens with one attached hydrogen (secondary N) is 1. The van der Waals surface area contributed by atoms with Crippen LogP contribution < -0.4 is 5.32 Å². The monoisotopic (exact) mass is 342 g/mol. The molecule has 134 valence electrons. The van der Waals surface area contributed by atoms with Crippen LogP contribution in [-0.4, -0.2) is 38.7 Å². The molecule has 2 atom stereocenters. The average molecular weight is 342 g/mol. The van der Waals surface area contributed by atoms with Gasteiger partial charge in [0, 0.05) is 45.0 Å². The van der Waals surface area contributed by atoms with Gasteiger partial charge in [0.1, 0.15) is 11.9 Å². The number of aliphatic hydroxyl groups excluding tert-OH is 1. The van der Waals surface area contributed by atoms with Gasteiger partial charge in [0.05, 0.1) is 0 Å². The summed E-state index contributed by atoms with van der Waals surface area (Å²) >= 11 is 0. The third-order valence-electron chi connectivity index (χ3n) is 4.84. The van der Waals surface area contributed by atoms with E-state index in [0.29, 0.717) is 18.9 Å². The van der Waals surface area contributed by atoms with Gasteiger partial charge in [0.15, 0.2) is 0 Å². The number of aliphatic hydroxyl groups is 1. The maximum atomic E-state index is 12.5. The van der Waals surface area contributed by atoms with Gasteiger partial charge < -0.3 is 19.9 Å². The molecule has 2 amide bonds. The first-order valence-electron chi connectivity index (χ1n) is 8.78. The first kappa shape index (κ1) is 17.5. The molecule has 6 nitrogen and oxygen atoms in total. The fourth-order valence-electron chi connectivity index (χ4n) is 3.44. The Balaban J connectivity index is 1.57. The van der Waals surface area contributed by atoms with Crippen LogP contribution in [0.1, 0.15) is 35.9 Å². The van der Waals surface area contributed by atoms with E-state index in [2.05, 4.69) is 16.4 Å². The molecule has 0 spiro atoms. The number of aryl methyl sites for hydroxylation is 2. The van der Waals surface area contributed by atoms with Crippen LogP contribution in [0.2, 0.25) is 0 Å². The number of carbonyl (C=O) groups is 1. The maximum Gasteiger partial charge on any atom is 0.317 e. The Morgan fingerprint density at radius 3 is 3.04 bits per heavy atom. The lowest BCUT2D eigenvalue weighted by Gasteiger charge is -2.34. The number of likely N-dealkylation sites (tertiary alicyclic amines) is 1. The van der Waals surface area contributed by atoms with Crippen molar-refractivity contribution in [2.24, 2.45) is 13.0 Å². The van der Waals surface area contributed by atoms with E-state index in [1.54, 1.807) is 11.1 Å². The number of hydrogen-bond acceptors (Lipinski definition) is 3. The second-order valence-corrected chi connectivity index (χ2v) is 6.84. The molecule has 6 heteroatoms. The zero-order valence-electron chi connectivity index (χ0n) is 14.9. The molecule has 2 aromatic rings. The maximum absolute atomic E-state index is 12.5. The van der Waals surface area contributed by atoms with Gasteiger partial charge in [-0.25, -0.2) is 9.78 Å². The smallest absolute Gasteiger partial charge is 0.317 e. The molecule has 0 bridgehead atoms. The Bertz CT molecular complexity index is 728. The molecule has 2 N–H and O–H groups in total. The number of benzene rings is 1. The van der Waals surface area contributed by atoms with Crippen molar-refractivity contribution in [3.05, 3.63) is 53.6 Å². The first-order valence-corrected chi connectivity index (χ1v) is 8.78. The first-order chi connectivity index (χ1) is 12.0. The van der Waals surface area contributed by atoms with Gasteiger partial charge in [-0.15, -0.1) is 0 Å². The Hall–Kier alpha value is -2.34. The van der Waals surface area contributed by atoms with E-state index in [1.807, 2.05) is 42.9 Å². The molecule has 25 heavy (non-hydrogen) atoms. The zero-order chi connectivity index (χ0) is 17.8. The van der Waals surface area contributed by atoms with Crippen molar-refractivity contribution in [3.63, 3.8) is 0 Å². The lowest BCUT2D eigenvalue weighted by molar-refractivity contribution is 0.0532. The number of amides is 2. The Morgan fingerprint density at radius 2 is 2.32 bits per heavy atom. The Kier molecular flexibility index (Phi) is 5.38. The van der Waals surface area contributed by atoms with Crippen molar-refractivity contribution in [2.75, 3.05) is 13.1 Å². The molecular weight excluding hydrogens is 316 g/mol. The van der Waals surface area contributed by atoms with Gasteiger partial charge in [0.2, 0.25) is 0 Å². The zero-order valence-corrected chi connectivity index (χ0v) is 14.9. The largest absolute Gasteiger partial charge is 0.385 e. The Morgan fingerprint density at radius 1 is 1.48 bits per heavy atom. The van der Waals surface area contributed by atoms with Crippen LogP contribution in [0, 0.1) is 12.8 Å². The summed E-state index contributed by atoms with van der Waals surface area (Å²) in [5, 5.41) is 13.6. The standard InChI is InChI=1S/C19H26N4O2/c1-14-5-3-6-15(11-14)12-21-19(25)23-9-4-7-16(13-23)17(24)18-20-8-10-22(18)2/h3,5-6,8,10-11,16-17,24H,4,7,9,12-13H2,1-2H3,(H,21,25). The summed E-state index contributed by atoms with van der Waals surface area (Å²) in [6.45, 7) is 3.83. The molecule has 3 rings (SSSR count). The van der Waals surface area contributed by atoms with Crippen molar-refractivity contribution < 1.29 is 9.90 Å². The lowest BCUT2D eigenvalue weighted by atomic mass is 9.92. The lowest BCUT2D eigenvalue weighted by Crippen LogP contribution is -2.46. The van der Waals surface area contributed by atoms with Gasteiger partial charge in [-0.1, -0.05) is 29.8 Å². The molecule has 0 saturated carbocycles. The highest BCUT2D eigenvalue weighted by molar-refractivity contribution is 5.74. The molecule has 0 aliphatic carbocycles. The van der Waals surface area contributed by atoms with Crippen molar-refractivity contribution in [3.8, 4) is 0 Å².